The van der Waals surface area contributed by atoms with E-state index >= 15 is 0 Å². The van der Waals surface area contributed by atoms with Crippen molar-refractivity contribution in [3.05, 3.63) is 0 Å². The first-order chi connectivity index (χ1) is 5.95. The molecular weight excluding hydrogens is 160 g/mol. The highest BCUT2D eigenvalue weighted by molar-refractivity contribution is 4.97. The predicted octanol–water partition coefficient (Wildman–Crippen LogP) is 2.12. The molecule has 0 aromatic carbocycles. The molecule has 0 saturated carbocycles. The van der Waals surface area contributed by atoms with Crippen molar-refractivity contribution >= 4 is 0 Å². The molecule has 1 saturated heterocycles. The van der Waals surface area contributed by atoms with E-state index in [2.05, 4.69) is 38.8 Å². The first-order valence-corrected chi connectivity index (χ1v) is 5.03. The summed E-state index contributed by atoms with van der Waals surface area (Å²) in [7, 11) is 2.10. The average Bonchev–Trinajstić information content (AvgIpc) is 2.01. The van der Waals surface area contributed by atoms with Gasteiger partial charge in [0.2, 0.25) is 0 Å². The number of likely N-dealkylation sites (tertiary alicyclic amines) is 1. The summed E-state index contributed by atoms with van der Waals surface area (Å²) in [5.41, 5.74) is 0.279. The molecular formula is C11H20N2. The van der Waals surface area contributed by atoms with Gasteiger partial charge in [0, 0.05) is 6.54 Å². The van der Waals surface area contributed by atoms with Gasteiger partial charge in [0.15, 0.2) is 0 Å². The van der Waals surface area contributed by atoms with Crippen molar-refractivity contribution < 1.29 is 0 Å². The number of hydrogen-bond donors (Lipinski definition) is 0. The Morgan fingerprint density at radius 3 is 2.46 bits per heavy atom. The largest absolute Gasteiger partial charge is 0.305 e. The summed E-state index contributed by atoms with van der Waals surface area (Å²) in [6.45, 7) is 8.81. The third-order valence-corrected chi connectivity index (χ3v) is 3.09. The van der Waals surface area contributed by atoms with Crippen molar-refractivity contribution in [3.63, 3.8) is 0 Å². The highest BCUT2D eigenvalue weighted by Gasteiger charge is 2.35. The van der Waals surface area contributed by atoms with Crippen LogP contribution in [0.5, 0.6) is 0 Å². The second kappa shape index (κ2) is 3.67. The van der Waals surface area contributed by atoms with E-state index in [0.717, 1.165) is 19.5 Å². The molecule has 74 valence electrons. The Morgan fingerprint density at radius 2 is 2.00 bits per heavy atom. The van der Waals surface area contributed by atoms with Crippen molar-refractivity contribution in [1.29, 1.82) is 5.26 Å². The van der Waals surface area contributed by atoms with Crippen molar-refractivity contribution in [2.45, 2.75) is 27.2 Å². The molecule has 2 atom stereocenters. The summed E-state index contributed by atoms with van der Waals surface area (Å²) in [6.07, 6.45) is 1.16. The van der Waals surface area contributed by atoms with Crippen molar-refractivity contribution in [3.8, 4) is 6.07 Å². The van der Waals surface area contributed by atoms with Crippen LogP contribution in [-0.2, 0) is 0 Å². The van der Waals surface area contributed by atoms with Gasteiger partial charge in [-0.25, -0.2) is 0 Å². The van der Waals surface area contributed by atoms with E-state index in [1.807, 2.05) is 0 Å². The van der Waals surface area contributed by atoms with Crippen LogP contribution in [0, 0.1) is 28.6 Å². The molecule has 1 aliphatic heterocycles. The second-order valence-electron chi connectivity index (χ2n) is 5.26. The molecule has 0 N–H and O–H groups in total. The molecule has 0 aromatic rings. The number of hydrogen-bond acceptors (Lipinski definition) is 2. The predicted molar refractivity (Wildman–Crippen MR) is 54.2 cm³/mol. The Morgan fingerprint density at radius 1 is 1.38 bits per heavy atom. The maximum atomic E-state index is 9.07. The zero-order valence-electron chi connectivity index (χ0n) is 9.17. The molecule has 2 heteroatoms. The molecule has 1 fully saturated rings. The zero-order chi connectivity index (χ0) is 10.1. The minimum Gasteiger partial charge on any atom is -0.305 e. The quantitative estimate of drug-likeness (QED) is 0.571. The third kappa shape index (κ3) is 2.45. The van der Waals surface area contributed by atoms with Crippen LogP contribution < -0.4 is 0 Å². The molecule has 0 aromatic heterocycles. The van der Waals surface area contributed by atoms with Crippen LogP contribution in [0.15, 0.2) is 0 Å². The maximum Gasteiger partial charge on any atom is 0.0672 e. The molecule has 2 unspecified atom stereocenters. The lowest BCUT2D eigenvalue weighted by molar-refractivity contribution is 0.0912. The van der Waals surface area contributed by atoms with E-state index in [0.29, 0.717) is 5.92 Å². The summed E-state index contributed by atoms with van der Waals surface area (Å²) in [5, 5.41) is 9.07. The van der Waals surface area contributed by atoms with Gasteiger partial charge in [-0.3, -0.25) is 0 Å². The highest BCUT2D eigenvalue weighted by Crippen LogP contribution is 2.37. The number of piperidine rings is 1. The van der Waals surface area contributed by atoms with Crippen LogP contribution in [0.25, 0.3) is 0 Å². The minimum atomic E-state index is 0.221. The Bertz CT molecular complexity index is 209. The highest BCUT2D eigenvalue weighted by atomic mass is 15.1. The monoisotopic (exact) mass is 180 g/mol. The molecule has 13 heavy (non-hydrogen) atoms. The van der Waals surface area contributed by atoms with Crippen LogP contribution in [0.3, 0.4) is 0 Å². The second-order valence-corrected chi connectivity index (χ2v) is 5.26. The van der Waals surface area contributed by atoms with Crippen molar-refractivity contribution in [1.82, 2.24) is 4.90 Å². The third-order valence-electron chi connectivity index (χ3n) is 3.09. The summed E-state index contributed by atoms with van der Waals surface area (Å²) in [4.78, 5) is 2.26. The first-order valence-electron chi connectivity index (χ1n) is 5.03. The normalized spacial score (nSPS) is 31.3. The molecule has 0 aliphatic carbocycles. The fourth-order valence-corrected chi connectivity index (χ4v) is 2.28. The smallest absolute Gasteiger partial charge is 0.0672 e. The van der Waals surface area contributed by atoms with Crippen molar-refractivity contribution in [2.75, 3.05) is 20.1 Å². The average molecular weight is 180 g/mol. The molecule has 2 nitrogen and oxygen atoms in total. The molecule has 0 spiro atoms. The SMILES string of the molecule is CN1CCC(C(C)(C)C)C(C#N)C1. The summed E-state index contributed by atoms with van der Waals surface area (Å²) >= 11 is 0. The van der Waals surface area contributed by atoms with Crippen LogP contribution in [0.2, 0.25) is 0 Å². The Balaban J connectivity index is 2.70. The Kier molecular flexibility index (Phi) is 2.98. The topological polar surface area (TPSA) is 27.0 Å². The van der Waals surface area contributed by atoms with Gasteiger partial charge in [0.25, 0.3) is 0 Å². The number of nitrogens with zero attached hydrogens (tertiary/aromatic N) is 2. The molecule has 1 heterocycles. The van der Waals surface area contributed by atoms with Gasteiger partial charge in [0.1, 0.15) is 0 Å². The van der Waals surface area contributed by atoms with E-state index in [-0.39, 0.29) is 11.3 Å². The van der Waals surface area contributed by atoms with Gasteiger partial charge in [-0.1, -0.05) is 20.8 Å². The first kappa shape index (κ1) is 10.5. The molecule has 1 aliphatic rings. The Labute approximate surface area is 81.5 Å². The molecule has 0 amide bonds. The molecule has 1 rings (SSSR count). The standard InChI is InChI=1S/C11H20N2/c1-11(2,3)10-5-6-13(4)8-9(10)7-12/h9-10H,5-6,8H2,1-4H3. The maximum absolute atomic E-state index is 9.07. The summed E-state index contributed by atoms with van der Waals surface area (Å²) < 4.78 is 0. The van der Waals surface area contributed by atoms with Crippen LogP contribution >= 0.6 is 0 Å². The van der Waals surface area contributed by atoms with E-state index in [1.165, 1.54) is 0 Å². The van der Waals surface area contributed by atoms with Crippen LogP contribution in [0.1, 0.15) is 27.2 Å². The fraction of sp³-hybridized carbons (Fsp3) is 0.909. The summed E-state index contributed by atoms with van der Waals surface area (Å²) in [6, 6.07) is 2.45. The van der Waals surface area contributed by atoms with Gasteiger partial charge in [-0.15, -0.1) is 0 Å². The van der Waals surface area contributed by atoms with Gasteiger partial charge < -0.3 is 4.90 Å². The number of nitriles is 1. The molecule has 0 bridgehead atoms. The van der Waals surface area contributed by atoms with Gasteiger partial charge in [0.05, 0.1) is 12.0 Å². The number of rotatable bonds is 0. The van der Waals surface area contributed by atoms with Crippen molar-refractivity contribution in [2.24, 2.45) is 17.3 Å². The minimum absolute atomic E-state index is 0.221. The van der Waals surface area contributed by atoms with Gasteiger partial charge in [-0.05, 0) is 31.3 Å². The zero-order valence-corrected chi connectivity index (χ0v) is 9.17. The van der Waals surface area contributed by atoms with Crippen LogP contribution in [0.4, 0.5) is 0 Å². The van der Waals surface area contributed by atoms with E-state index in [4.69, 9.17) is 5.26 Å². The Hall–Kier alpha value is -0.550. The molecule has 0 radical (unpaired) electrons. The van der Waals surface area contributed by atoms with E-state index < -0.39 is 0 Å². The lowest BCUT2D eigenvalue weighted by Crippen LogP contribution is -2.42. The van der Waals surface area contributed by atoms with Gasteiger partial charge in [-0.2, -0.15) is 5.26 Å². The lowest BCUT2D eigenvalue weighted by Gasteiger charge is -2.40. The van der Waals surface area contributed by atoms with E-state index in [1.54, 1.807) is 0 Å². The van der Waals surface area contributed by atoms with Gasteiger partial charge >= 0.3 is 0 Å². The fourth-order valence-electron chi connectivity index (χ4n) is 2.28. The van der Waals surface area contributed by atoms with Crippen LogP contribution in [-0.4, -0.2) is 25.0 Å². The lowest BCUT2D eigenvalue weighted by atomic mass is 9.70. The van der Waals surface area contributed by atoms with E-state index in [9.17, 15) is 0 Å². The summed E-state index contributed by atoms with van der Waals surface area (Å²) in [5.74, 6) is 0.785.